The van der Waals surface area contributed by atoms with E-state index in [1.807, 2.05) is 0 Å². The smallest absolute Gasteiger partial charge is 0.350 e. The van der Waals surface area contributed by atoms with Crippen LogP contribution in [0.3, 0.4) is 0 Å². The zero-order chi connectivity index (χ0) is 11.0. The number of aryl methyl sites for hydroxylation is 2. The Labute approximate surface area is 86.8 Å². The fraction of sp³-hybridized carbons (Fsp3) is 0.200. The van der Waals surface area contributed by atoms with Gasteiger partial charge in [-0.2, -0.15) is 5.10 Å². The van der Waals surface area contributed by atoms with Crippen molar-refractivity contribution in [2.45, 2.75) is 6.92 Å². The van der Waals surface area contributed by atoms with Crippen LogP contribution in [0.25, 0.3) is 5.69 Å². The maximum Gasteiger partial charge on any atom is 0.350 e. The molecule has 1 aromatic carbocycles. The molecule has 0 amide bonds. The first-order chi connectivity index (χ1) is 7.09. The second-order valence-electron chi connectivity index (χ2n) is 3.38. The molecule has 0 atom stereocenters. The predicted octanol–water partition coefficient (Wildman–Crippen LogP) is 0.462. The summed E-state index contributed by atoms with van der Waals surface area (Å²) in [4.78, 5) is 11.7. The summed E-state index contributed by atoms with van der Waals surface area (Å²) in [7, 11) is 1.63. The lowest BCUT2D eigenvalue weighted by atomic mass is 10.3. The van der Waals surface area contributed by atoms with Crippen LogP contribution in [-0.2, 0) is 7.05 Å². The molecule has 0 aliphatic heterocycles. The topological polar surface area (TPSA) is 65.8 Å². The Balaban J connectivity index is 2.64. The molecule has 0 unspecified atom stereocenters. The van der Waals surface area contributed by atoms with Gasteiger partial charge in [0, 0.05) is 12.7 Å². The minimum atomic E-state index is -0.155. The summed E-state index contributed by atoms with van der Waals surface area (Å²) in [6.07, 6.45) is 0. The second kappa shape index (κ2) is 3.27. The lowest BCUT2D eigenvalue weighted by Gasteiger charge is -2.02. The van der Waals surface area contributed by atoms with Crippen molar-refractivity contribution in [3.63, 3.8) is 0 Å². The molecule has 0 spiro atoms. The number of nitrogens with zero attached hydrogens (tertiary/aromatic N) is 3. The Morgan fingerprint density at radius 2 is 1.87 bits per heavy atom. The van der Waals surface area contributed by atoms with Gasteiger partial charge < -0.3 is 5.73 Å². The Morgan fingerprint density at radius 1 is 1.27 bits per heavy atom. The van der Waals surface area contributed by atoms with E-state index >= 15 is 0 Å². The third kappa shape index (κ3) is 1.52. The van der Waals surface area contributed by atoms with Crippen LogP contribution < -0.4 is 11.4 Å². The molecule has 1 aromatic heterocycles. The zero-order valence-electron chi connectivity index (χ0n) is 8.64. The largest absolute Gasteiger partial charge is 0.399 e. The van der Waals surface area contributed by atoms with Crippen LogP contribution in [0.15, 0.2) is 29.1 Å². The molecule has 0 saturated heterocycles. The molecule has 1 heterocycles. The molecule has 5 nitrogen and oxygen atoms in total. The van der Waals surface area contributed by atoms with Crippen molar-refractivity contribution in [1.82, 2.24) is 14.3 Å². The third-order valence-corrected chi connectivity index (χ3v) is 2.24. The molecule has 2 rings (SSSR count). The summed E-state index contributed by atoms with van der Waals surface area (Å²) in [5.41, 5.74) is 6.87. The van der Waals surface area contributed by atoms with Crippen molar-refractivity contribution in [2.75, 3.05) is 5.73 Å². The number of rotatable bonds is 1. The van der Waals surface area contributed by atoms with Crippen LogP contribution >= 0.6 is 0 Å². The van der Waals surface area contributed by atoms with Crippen LogP contribution in [0.5, 0.6) is 0 Å². The van der Waals surface area contributed by atoms with E-state index in [1.165, 1.54) is 4.68 Å². The second-order valence-corrected chi connectivity index (χ2v) is 3.38. The van der Waals surface area contributed by atoms with Crippen LogP contribution in [0, 0.1) is 6.92 Å². The maximum absolute atomic E-state index is 11.7. The fourth-order valence-corrected chi connectivity index (χ4v) is 1.51. The minimum absolute atomic E-state index is 0.155. The Bertz CT molecular complexity index is 536. The fourth-order valence-electron chi connectivity index (χ4n) is 1.51. The molecular formula is C10H12N4O. The minimum Gasteiger partial charge on any atom is -0.399 e. The van der Waals surface area contributed by atoms with E-state index in [-0.39, 0.29) is 5.69 Å². The maximum atomic E-state index is 11.7. The summed E-state index contributed by atoms with van der Waals surface area (Å²) in [6.45, 7) is 1.79. The van der Waals surface area contributed by atoms with Gasteiger partial charge in [-0.25, -0.2) is 14.0 Å². The molecule has 0 aliphatic carbocycles. The van der Waals surface area contributed by atoms with E-state index in [0.29, 0.717) is 11.5 Å². The lowest BCUT2D eigenvalue weighted by molar-refractivity contribution is 0.723. The summed E-state index contributed by atoms with van der Waals surface area (Å²) in [5, 5.41) is 4.05. The van der Waals surface area contributed by atoms with Crippen molar-refractivity contribution in [3.8, 4) is 5.69 Å². The first-order valence-corrected chi connectivity index (χ1v) is 4.58. The van der Waals surface area contributed by atoms with Crippen molar-refractivity contribution in [1.29, 1.82) is 0 Å². The van der Waals surface area contributed by atoms with Gasteiger partial charge in [-0.3, -0.25) is 0 Å². The van der Waals surface area contributed by atoms with Crippen molar-refractivity contribution in [3.05, 3.63) is 40.6 Å². The molecule has 0 radical (unpaired) electrons. The molecule has 2 N–H and O–H groups in total. The summed E-state index contributed by atoms with van der Waals surface area (Å²) < 4.78 is 2.85. The van der Waals surface area contributed by atoms with E-state index in [0.717, 1.165) is 5.69 Å². The molecule has 2 aromatic rings. The quantitative estimate of drug-likeness (QED) is 0.686. The normalized spacial score (nSPS) is 10.5. The molecule has 0 bridgehead atoms. The van der Waals surface area contributed by atoms with E-state index in [2.05, 4.69) is 5.10 Å². The van der Waals surface area contributed by atoms with Crippen molar-refractivity contribution >= 4 is 5.69 Å². The van der Waals surface area contributed by atoms with Gasteiger partial charge in [0.2, 0.25) is 0 Å². The van der Waals surface area contributed by atoms with E-state index in [4.69, 9.17) is 5.73 Å². The molecule has 78 valence electrons. The molecule has 5 heteroatoms. The first kappa shape index (κ1) is 9.51. The highest BCUT2D eigenvalue weighted by Gasteiger charge is 2.08. The van der Waals surface area contributed by atoms with Gasteiger partial charge in [0.15, 0.2) is 0 Å². The Hall–Kier alpha value is -2.04. The first-order valence-electron chi connectivity index (χ1n) is 4.58. The van der Waals surface area contributed by atoms with Crippen LogP contribution in [-0.4, -0.2) is 14.3 Å². The SMILES string of the molecule is Cc1nn(C)c(=O)n1-c1ccc(N)cc1. The average Bonchev–Trinajstić information content (AvgIpc) is 2.44. The van der Waals surface area contributed by atoms with Gasteiger partial charge in [-0.1, -0.05) is 0 Å². The summed E-state index contributed by atoms with van der Waals surface area (Å²) in [5.74, 6) is 0.660. The van der Waals surface area contributed by atoms with E-state index in [9.17, 15) is 4.79 Å². The van der Waals surface area contributed by atoms with Gasteiger partial charge in [-0.05, 0) is 31.2 Å². The summed E-state index contributed by atoms with van der Waals surface area (Å²) in [6, 6.07) is 7.11. The van der Waals surface area contributed by atoms with Crippen molar-refractivity contribution < 1.29 is 0 Å². The van der Waals surface area contributed by atoms with Crippen LogP contribution in [0.2, 0.25) is 0 Å². The highest BCUT2D eigenvalue weighted by molar-refractivity contribution is 5.45. The van der Waals surface area contributed by atoms with Crippen LogP contribution in [0.4, 0.5) is 5.69 Å². The number of anilines is 1. The number of nitrogens with two attached hydrogens (primary N) is 1. The average molecular weight is 204 g/mol. The Morgan fingerprint density at radius 3 is 2.33 bits per heavy atom. The van der Waals surface area contributed by atoms with Gasteiger partial charge in [0.05, 0.1) is 5.69 Å². The molecular weight excluding hydrogens is 192 g/mol. The highest BCUT2D eigenvalue weighted by Crippen LogP contribution is 2.09. The van der Waals surface area contributed by atoms with Crippen molar-refractivity contribution in [2.24, 2.45) is 7.05 Å². The van der Waals surface area contributed by atoms with Crippen LogP contribution in [0.1, 0.15) is 5.82 Å². The van der Waals surface area contributed by atoms with E-state index < -0.39 is 0 Å². The lowest BCUT2D eigenvalue weighted by Crippen LogP contribution is -2.21. The van der Waals surface area contributed by atoms with Gasteiger partial charge >= 0.3 is 5.69 Å². The van der Waals surface area contributed by atoms with Gasteiger partial charge in [0.1, 0.15) is 5.82 Å². The van der Waals surface area contributed by atoms with Gasteiger partial charge in [0.25, 0.3) is 0 Å². The number of aromatic nitrogens is 3. The van der Waals surface area contributed by atoms with Gasteiger partial charge in [-0.15, -0.1) is 0 Å². The monoisotopic (exact) mass is 204 g/mol. The number of nitrogen functional groups attached to an aromatic ring is 1. The summed E-state index contributed by atoms with van der Waals surface area (Å²) >= 11 is 0. The van der Waals surface area contributed by atoms with E-state index in [1.54, 1.807) is 42.8 Å². The molecule has 0 fully saturated rings. The number of benzene rings is 1. The Kier molecular flexibility index (Phi) is 2.07. The third-order valence-electron chi connectivity index (χ3n) is 2.24. The molecule has 0 aliphatic rings. The zero-order valence-corrected chi connectivity index (χ0v) is 8.64. The molecule has 0 saturated carbocycles. The standard InChI is InChI=1S/C10H12N4O/c1-7-12-13(2)10(15)14(7)9-5-3-8(11)4-6-9/h3-6H,11H2,1-2H3. The number of hydrogen-bond donors (Lipinski definition) is 1. The predicted molar refractivity (Wildman–Crippen MR) is 58.0 cm³/mol. The highest BCUT2D eigenvalue weighted by atomic mass is 16.2. The molecule has 15 heavy (non-hydrogen) atoms. The number of hydrogen-bond acceptors (Lipinski definition) is 3.